The summed E-state index contributed by atoms with van der Waals surface area (Å²) in [5.74, 6) is 5.56. The molecule has 4 nitrogen and oxygen atoms in total. The van der Waals surface area contributed by atoms with E-state index in [0.29, 0.717) is 15.6 Å². The van der Waals surface area contributed by atoms with Gasteiger partial charge in [0.25, 0.3) is 10.0 Å². The highest BCUT2D eigenvalue weighted by atomic mass is 35.5. The molecule has 0 atom stereocenters. The third kappa shape index (κ3) is 3.74. The van der Waals surface area contributed by atoms with Crippen LogP contribution in [-0.2, 0) is 10.0 Å². The Morgan fingerprint density at radius 3 is 2.75 bits per heavy atom. The van der Waals surface area contributed by atoms with Gasteiger partial charge in [0.2, 0.25) is 0 Å². The van der Waals surface area contributed by atoms with Crippen LogP contribution in [0.2, 0.25) is 4.34 Å². The number of benzene rings is 1. The average molecular weight is 327 g/mol. The van der Waals surface area contributed by atoms with Crippen molar-refractivity contribution >= 4 is 38.6 Å². The Labute approximate surface area is 126 Å². The fourth-order valence-corrected chi connectivity index (χ4v) is 3.99. The zero-order chi connectivity index (χ0) is 14.6. The van der Waals surface area contributed by atoms with E-state index in [1.165, 1.54) is 6.07 Å². The van der Waals surface area contributed by atoms with Gasteiger partial charge in [-0.05, 0) is 30.3 Å². The molecule has 0 unspecified atom stereocenters. The molecule has 2 aromatic rings. The van der Waals surface area contributed by atoms with Gasteiger partial charge in [-0.25, -0.2) is 8.42 Å². The fourth-order valence-electron chi connectivity index (χ4n) is 1.46. The van der Waals surface area contributed by atoms with Crippen LogP contribution in [0.25, 0.3) is 0 Å². The molecule has 1 heterocycles. The molecule has 20 heavy (non-hydrogen) atoms. The molecule has 0 saturated heterocycles. The Morgan fingerprint density at radius 2 is 2.10 bits per heavy atom. The van der Waals surface area contributed by atoms with Crippen LogP contribution >= 0.6 is 22.9 Å². The van der Waals surface area contributed by atoms with Crippen molar-refractivity contribution in [2.24, 2.45) is 5.73 Å². The first-order valence-corrected chi connectivity index (χ1v) is 8.26. The highest BCUT2D eigenvalue weighted by Crippen LogP contribution is 2.27. The summed E-state index contributed by atoms with van der Waals surface area (Å²) in [6.07, 6.45) is 0. The molecule has 0 fully saturated rings. The van der Waals surface area contributed by atoms with E-state index in [9.17, 15) is 8.42 Å². The van der Waals surface area contributed by atoms with Crippen LogP contribution in [0.15, 0.2) is 40.6 Å². The number of nitrogens with two attached hydrogens (primary N) is 1. The predicted octanol–water partition coefficient (Wildman–Crippen LogP) is 2.51. The average Bonchev–Trinajstić information content (AvgIpc) is 2.84. The van der Waals surface area contributed by atoms with Crippen molar-refractivity contribution in [2.75, 3.05) is 11.3 Å². The molecular weight excluding hydrogens is 316 g/mol. The van der Waals surface area contributed by atoms with Crippen molar-refractivity contribution in [3.8, 4) is 11.8 Å². The summed E-state index contributed by atoms with van der Waals surface area (Å²) >= 11 is 6.75. The van der Waals surface area contributed by atoms with E-state index in [0.717, 1.165) is 11.3 Å². The molecule has 2 rings (SSSR count). The van der Waals surface area contributed by atoms with E-state index in [1.807, 2.05) is 0 Å². The van der Waals surface area contributed by atoms with Crippen LogP contribution in [-0.4, -0.2) is 15.0 Å². The first kappa shape index (κ1) is 14.9. The van der Waals surface area contributed by atoms with E-state index in [4.69, 9.17) is 17.3 Å². The Balaban J connectivity index is 2.25. The molecule has 0 bridgehead atoms. The minimum Gasteiger partial charge on any atom is -0.320 e. The third-order valence-electron chi connectivity index (χ3n) is 2.26. The van der Waals surface area contributed by atoms with Gasteiger partial charge in [-0.15, -0.1) is 11.3 Å². The highest BCUT2D eigenvalue weighted by Gasteiger charge is 2.16. The molecule has 0 aliphatic heterocycles. The minimum absolute atomic E-state index is 0.168. The van der Waals surface area contributed by atoms with Crippen LogP contribution in [0.4, 0.5) is 5.69 Å². The minimum atomic E-state index is -3.62. The lowest BCUT2D eigenvalue weighted by atomic mass is 10.2. The van der Waals surface area contributed by atoms with Crippen molar-refractivity contribution in [1.29, 1.82) is 0 Å². The standard InChI is InChI=1S/C13H11ClN2O2S2/c14-12-6-7-13(19-12)20(17,18)16-11-5-1-3-10(9-11)4-2-8-15/h1,3,5-7,9,16H,8,15H2. The van der Waals surface area contributed by atoms with Crippen LogP contribution in [0.3, 0.4) is 0 Å². The second-order valence-electron chi connectivity index (χ2n) is 3.75. The molecule has 7 heteroatoms. The SMILES string of the molecule is NCC#Cc1cccc(NS(=O)(=O)c2ccc(Cl)s2)c1. The van der Waals surface area contributed by atoms with E-state index >= 15 is 0 Å². The number of sulfonamides is 1. The molecule has 0 saturated carbocycles. The maximum Gasteiger partial charge on any atom is 0.271 e. The zero-order valence-electron chi connectivity index (χ0n) is 10.3. The first-order chi connectivity index (χ1) is 9.51. The van der Waals surface area contributed by atoms with Crippen molar-refractivity contribution in [2.45, 2.75) is 4.21 Å². The maximum atomic E-state index is 12.1. The molecule has 1 aromatic heterocycles. The molecule has 0 radical (unpaired) electrons. The van der Waals surface area contributed by atoms with Gasteiger partial charge in [-0.1, -0.05) is 29.5 Å². The predicted molar refractivity (Wildman–Crippen MR) is 82.5 cm³/mol. The van der Waals surface area contributed by atoms with Gasteiger partial charge in [0, 0.05) is 5.56 Å². The number of hydrogen-bond donors (Lipinski definition) is 2. The summed E-state index contributed by atoms with van der Waals surface area (Å²) in [5, 5.41) is 0. The molecule has 0 amide bonds. The van der Waals surface area contributed by atoms with Crippen LogP contribution < -0.4 is 10.5 Å². The molecule has 0 aliphatic rings. The van der Waals surface area contributed by atoms with Crippen molar-refractivity contribution in [3.63, 3.8) is 0 Å². The molecule has 104 valence electrons. The summed E-state index contributed by atoms with van der Waals surface area (Å²) in [7, 11) is -3.62. The summed E-state index contributed by atoms with van der Waals surface area (Å²) in [5.41, 5.74) is 6.44. The van der Waals surface area contributed by atoms with Crippen LogP contribution in [0.5, 0.6) is 0 Å². The van der Waals surface area contributed by atoms with Crippen molar-refractivity contribution < 1.29 is 8.42 Å². The van der Waals surface area contributed by atoms with Gasteiger partial charge in [0.05, 0.1) is 16.6 Å². The van der Waals surface area contributed by atoms with Crippen LogP contribution in [0.1, 0.15) is 5.56 Å². The first-order valence-electron chi connectivity index (χ1n) is 5.58. The second kappa shape index (κ2) is 6.29. The van der Waals surface area contributed by atoms with Gasteiger partial charge in [0.1, 0.15) is 4.21 Å². The summed E-state index contributed by atoms with van der Waals surface area (Å²) in [4.78, 5) is 0. The third-order valence-corrected chi connectivity index (χ3v) is 5.37. The summed E-state index contributed by atoms with van der Waals surface area (Å²) in [6, 6.07) is 9.81. The van der Waals surface area contributed by atoms with E-state index in [2.05, 4.69) is 16.6 Å². The lowest BCUT2D eigenvalue weighted by molar-refractivity contribution is 0.603. The second-order valence-corrected chi connectivity index (χ2v) is 7.38. The molecular formula is C13H11ClN2O2S2. The zero-order valence-corrected chi connectivity index (χ0v) is 12.6. The fraction of sp³-hybridized carbons (Fsp3) is 0.0769. The summed E-state index contributed by atoms with van der Waals surface area (Å²) in [6.45, 7) is 0.254. The van der Waals surface area contributed by atoms with E-state index in [1.54, 1.807) is 30.3 Å². The summed E-state index contributed by atoms with van der Waals surface area (Å²) < 4.78 is 27.3. The van der Waals surface area contributed by atoms with Gasteiger partial charge < -0.3 is 5.73 Å². The number of rotatable bonds is 3. The van der Waals surface area contributed by atoms with Gasteiger partial charge >= 0.3 is 0 Å². The van der Waals surface area contributed by atoms with Gasteiger partial charge in [-0.2, -0.15) is 0 Å². The normalized spacial score (nSPS) is 10.7. The van der Waals surface area contributed by atoms with E-state index < -0.39 is 10.0 Å². The molecule has 3 N–H and O–H groups in total. The Hall–Kier alpha value is -1.52. The van der Waals surface area contributed by atoms with Crippen molar-refractivity contribution in [1.82, 2.24) is 0 Å². The lowest BCUT2D eigenvalue weighted by Gasteiger charge is -2.06. The molecule has 0 spiro atoms. The largest absolute Gasteiger partial charge is 0.320 e. The van der Waals surface area contributed by atoms with Crippen molar-refractivity contribution in [3.05, 3.63) is 46.3 Å². The van der Waals surface area contributed by atoms with Crippen LogP contribution in [0, 0.1) is 11.8 Å². The lowest BCUT2D eigenvalue weighted by Crippen LogP contribution is -2.11. The maximum absolute atomic E-state index is 12.1. The Morgan fingerprint density at radius 1 is 1.30 bits per heavy atom. The monoisotopic (exact) mass is 326 g/mol. The van der Waals surface area contributed by atoms with E-state index in [-0.39, 0.29) is 10.8 Å². The molecule has 1 aromatic carbocycles. The Kier molecular flexibility index (Phi) is 4.68. The van der Waals surface area contributed by atoms with Gasteiger partial charge in [-0.3, -0.25) is 4.72 Å². The Bertz CT molecular complexity index is 773. The molecule has 0 aliphatic carbocycles. The smallest absolute Gasteiger partial charge is 0.271 e. The number of halogens is 1. The quantitative estimate of drug-likeness (QED) is 0.851. The number of thiophene rings is 1. The number of hydrogen-bond acceptors (Lipinski definition) is 4. The van der Waals surface area contributed by atoms with Gasteiger partial charge in [0.15, 0.2) is 0 Å². The number of nitrogens with one attached hydrogen (secondary N) is 1. The number of anilines is 1. The highest BCUT2D eigenvalue weighted by molar-refractivity contribution is 7.94. The topological polar surface area (TPSA) is 72.2 Å².